The predicted octanol–water partition coefficient (Wildman–Crippen LogP) is 1.31. The number of hydrogen-bond donors (Lipinski definition) is 2. The Bertz CT molecular complexity index is 200. The van der Waals surface area contributed by atoms with Crippen molar-refractivity contribution in [2.75, 3.05) is 13.6 Å². The zero-order valence-electron chi connectivity index (χ0n) is 9.83. The first-order valence-electron chi connectivity index (χ1n) is 5.91. The van der Waals surface area contributed by atoms with Crippen molar-refractivity contribution in [2.45, 2.75) is 51.1 Å². The number of carbonyl (C=O) groups excluding carboxylic acids is 1. The highest BCUT2D eigenvalue weighted by molar-refractivity contribution is 5.74. The molecular formula is C11H23N3O. The molecular weight excluding hydrogens is 190 g/mol. The van der Waals surface area contributed by atoms with Crippen LogP contribution >= 0.6 is 0 Å². The summed E-state index contributed by atoms with van der Waals surface area (Å²) in [4.78, 5) is 13.5. The number of nitrogens with two attached hydrogens (primary N) is 1. The third-order valence-corrected chi connectivity index (χ3v) is 3.14. The van der Waals surface area contributed by atoms with Gasteiger partial charge in [0.25, 0.3) is 0 Å². The van der Waals surface area contributed by atoms with Gasteiger partial charge in [-0.2, -0.15) is 0 Å². The van der Waals surface area contributed by atoms with E-state index in [1.54, 1.807) is 0 Å². The number of rotatable bonds is 3. The maximum Gasteiger partial charge on any atom is 0.317 e. The molecule has 0 atom stereocenters. The lowest BCUT2D eigenvalue weighted by molar-refractivity contribution is 0.170. The van der Waals surface area contributed by atoms with Crippen molar-refractivity contribution >= 4 is 6.03 Å². The fourth-order valence-corrected chi connectivity index (χ4v) is 2.01. The maximum atomic E-state index is 11.7. The topological polar surface area (TPSA) is 58.4 Å². The zero-order chi connectivity index (χ0) is 11.3. The smallest absolute Gasteiger partial charge is 0.317 e. The summed E-state index contributed by atoms with van der Waals surface area (Å²) in [5, 5.41) is 2.90. The highest BCUT2D eigenvalue weighted by Gasteiger charge is 2.24. The maximum absolute atomic E-state index is 11.7. The van der Waals surface area contributed by atoms with Gasteiger partial charge in [0, 0.05) is 25.7 Å². The van der Waals surface area contributed by atoms with Crippen LogP contribution in [0.1, 0.15) is 39.0 Å². The van der Waals surface area contributed by atoms with E-state index in [1.807, 2.05) is 11.9 Å². The molecule has 0 bridgehead atoms. The Labute approximate surface area is 92.2 Å². The summed E-state index contributed by atoms with van der Waals surface area (Å²) >= 11 is 0. The molecule has 0 aromatic carbocycles. The zero-order valence-corrected chi connectivity index (χ0v) is 9.83. The molecule has 4 nitrogen and oxygen atoms in total. The summed E-state index contributed by atoms with van der Waals surface area (Å²) in [5.74, 6) is 0. The normalized spacial score (nSPS) is 26.1. The molecule has 1 aliphatic rings. The van der Waals surface area contributed by atoms with E-state index < -0.39 is 0 Å². The Morgan fingerprint density at radius 2 is 2.00 bits per heavy atom. The molecule has 0 aromatic heterocycles. The van der Waals surface area contributed by atoms with Crippen molar-refractivity contribution in [3.05, 3.63) is 0 Å². The molecule has 1 fully saturated rings. The lowest BCUT2D eigenvalue weighted by Gasteiger charge is -2.33. The third-order valence-electron chi connectivity index (χ3n) is 3.14. The van der Waals surface area contributed by atoms with Gasteiger partial charge in [0.15, 0.2) is 0 Å². The van der Waals surface area contributed by atoms with Crippen LogP contribution in [-0.4, -0.2) is 36.6 Å². The van der Waals surface area contributed by atoms with E-state index in [-0.39, 0.29) is 6.03 Å². The van der Waals surface area contributed by atoms with Crippen molar-refractivity contribution < 1.29 is 4.79 Å². The summed E-state index contributed by atoms with van der Waals surface area (Å²) in [5.41, 5.74) is 5.83. The van der Waals surface area contributed by atoms with Crippen molar-refractivity contribution in [1.29, 1.82) is 0 Å². The van der Waals surface area contributed by atoms with Gasteiger partial charge in [-0.15, -0.1) is 0 Å². The van der Waals surface area contributed by atoms with Gasteiger partial charge in [-0.3, -0.25) is 0 Å². The minimum absolute atomic E-state index is 0.0531. The van der Waals surface area contributed by atoms with Gasteiger partial charge in [-0.25, -0.2) is 4.79 Å². The molecule has 0 unspecified atom stereocenters. The lowest BCUT2D eigenvalue weighted by Crippen LogP contribution is -2.46. The summed E-state index contributed by atoms with van der Waals surface area (Å²) in [6.07, 6.45) is 5.13. The van der Waals surface area contributed by atoms with Crippen molar-refractivity contribution in [3.63, 3.8) is 0 Å². The number of hydrogen-bond acceptors (Lipinski definition) is 2. The number of amides is 2. The van der Waals surface area contributed by atoms with Crippen LogP contribution in [0.2, 0.25) is 0 Å². The summed E-state index contributed by atoms with van der Waals surface area (Å²) in [6, 6.07) is 0.771. The van der Waals surface area contributed by atoms with Gasteiger partial charge < -0.3 is 16.0 Å². The molecule has 1 rings (SSSR count). The number of nitrogens with one attached hydrogen (secondary N) is 1. The summed E-state index contributed by atoms with van der Waals surface area (Å²) < 4.78 is 0. The van der Waals surface area contributed by atoms with Crippen LogP contribution in [0.25, 0.3) is 0 Å². The van der Waals surface area contributed by atoms with Crippen LogP contribution in [0.15, 0.2) is 0 Å². The fourth-order valence-electron chi connectivity index (χ4n) is 2.01. The van der Waals surface area contributed by atoms with E-state index >= 15 is 0 Å². The second-order valence-electron chi connectivity index (χ2n) is 4.41. The minimum atomic E-state index is 0.0531. The first-order chi connectivity index (χ1) is 7.15. The summed E-state index contributed by atoms with van der Waals surface area (Å²) in [7, 11) is 1.88. The molecule has 1 saturated carbocycles. The Kier molecular flexibility index (Phi) is 4.88. The fraction of sp³-hybridized carbons (Fsp3) is 0.909. The van der Waals surface area contributed by atoms with Crippen LogP contribution in [0.3, 0.4) is 0 Å². The molecule has 0 aromatic rings. The number of urea groups is 1. The van der Waals surface area contributed by atoms with Gasteiger partial charge in [0.1, 0.15) is 0 Å². The first-order valence-corrected chi connectivity index (χ1v) is 5.91. The second kappa shape index (κ2) is 5.95. The van der Waals surface area contributed by atoms with Crippen LogP contribution in [-0.2, 0) is 0 Å². The lowest BCUT2D eigenvalue weighted by atomic mass is 9.91. The monoisotopic (exact) mass is 213 g/mol. The molecule has 1 aliphatic carbocycles. The third kappa shape index (κ3) is 3.70. The number of nitrogens with zero attached hydrogens (tertiary/aromatic N) is 1. The van der Waals surface area contributed by atoms with Gasteiger partial charge in [-0.05, 0) is 32.1 Å². The van der Waals surface area contributed by atoms with E-state index in [0.29, 0.717) is 12.1 Å². The average molecular weight is 213 g/mol. The van der Waals surface area contributed by atoms with Crippen LogP contribution in [0.5, 0.6) is 0 Å². The Hall–Kier alpha value is -0.770. The highest BCUT2D eigenvalue weighted by atomic mass is 16.2. The molecule has 0 saturated heterocycles. The second-order valence-corrected chi connectivity index (χ2v) is 4.41. The molecule has 0 spiro atoms. The van der Waals surface area contributed by atoms with E-state index in [1.165, 1.54) is 0 Å². The quantitative estimate of drug-likeness (QED) is 0.742. The molecule has 2 amide bonds. The van der Waals surface area contributed by atoms with E-state index in [0.717, 1.165) is 38.6 Å². The summed E-state index contributed by atoms with van der Waals surface area (Å²) in [6.45, 7) is 2.81. The van der Waals surface area contributed by atoms with Gasteiger partial charge in [0.2, 0.25) is 0 Å². The molecule has 0 aliphatic heterocycles. The average Bonchev–Trinajstić information content (AvgIpc) is 2.26. The first kappa shape index (κ1) is 12.3. The van der Waals surface area contributed by atoms with Crippen LogP contribution in [0.4, 0.5) is 4.79 Å². The van der Waals surface area contributed by atoms with Crippen molar-refractivity contribution in [2.24, 2.45) is 5.73 Å². The molecule has 4 heteroatoms. The van der Waals surface area contributed by atoms with E-state index in [4.69, 9.17) is 5.73 Å². The van der Waals surface area contributed by atoms with Gasteiger partial charge >= 0.3 is 6.03 Å². The largest absolute Gasteiger partial charge is 0.338 e. The standard InChI is InChI=1S/C11H23N3O/c1-3-8-13-11(15)14(2)10-6-4-9(12)5-7-10/h9-10H,3-8,12H2,1-2H3,(H,13,15). The van der Waals surface area contributed by atoms with E-state index in [9.17, 15) is 4.79 Å². The molecule has 3 N–H and O–H groups in total. The SMILES string of the molecule is CCCNC(=O)N(C)C1CCC(N)CC1. The van der Waals surface area contributed by atoms with E-state index in [2.05, 4.69) is 12.2 Å². The molecule has 88 valence electrons. The molecule has 0 radical (unpaired) electrons. The van der Waals surface area contributed by atoms with Gasteiger partial charge in [0.05, 0.1) is 0 Å². The highest BCUT2D eigenvalue weighted by Crippen LogP contribution is 2.20. The van der Waals surface area contributed by atoms with Crippen LogP contribution < -0.4 is 11.1 Å². The molecule has 0 heterocycles. The van der Waals surface area contributed by atoms with Crippen LogP contribution in [0, 0.1) is 0 Å². The molecule has 15 heavy (non-hydrogen) atoms. The Morgan fingerprint density at radius 1 is 1.40 bits per heavy atom. The van der Waals surface area contributed by atoms with Crippen molar-refractivity contribution in [1.82, 2.24) is 10.2 Å². The van der Waals surface area contributed by atoms with Crippen molar-refractivity contribution in [3.8, 4) is 0 Å². The Balaban J connectivity index is 2.32. The Morgan fingerprint density at radius 3 is 2.53 bits per heavy atom. The van der Waals surface area contributed by atoms with Gasteiger partial charge in [-0.1, -0.05) is 6.92 Å². The predicted molar refractivity (Wildman–Crippen MR) is 61.7 cm³/mol. The minimum Gasteiger partial charge on any atom is -0.338 e. The number of carbonyl (C=O) groups is 1.